The molecule has 0 saturated carbocycles. The number of hydrogen-bond acceptors (Lipinski definition) is 6. The van der Waals surface area contributed by atoms with Crippen molar-refractivity contribution in [2.45, 2.75) is 18.9 Å². The van der Waals surface area contributed by atoms with E-state index < -0.39 is 0 Å². The zero-order valence-corrected chi connectivity index (χ0v) is 12.3. The second kappa shape index (κ2) is 5.68. The molecule has 0 radical (unpaired) electrons. The lowest BCUT2D eigenvalue weighted by Gasteiger charge is -2.20. The second-order valence-corrected chi connectivity index (χ2v) is 5.34. The highest BCUT2D eigenvalue weighted by Crippen LogP contribution is 2.33. The van der Waals surface area contributed by atoms with Crippen LogP contribution in [0.2, 0.25) is 0 Å². The SMILES string of the molecule is O=C(c1ccoc1)N1CCC[C@H]1c1nc(-c2ccccn2)no1. The summed E-state index contributed by atoms with van der Waals surface area (Å²) in [5.74, 6) is 0.794. The summed E-state index contributed by atoms with van der Waals surface area (Å²) in [5, 5.41) is 3.98. The van der Waals surface area contributed by atoms with Gasteiger partial charge in [0.2, 0.25) is 11.7 Å². The van der Waals surface area contributed by atoms with Gasteiger partial charge in [0.15, 0.2) is 0 Å². The van der Waals surface area contributed by atoms with Crippen molar-refractivity contribution in [3.8, 4) is 11.5 Å². The first kappa shape index (κ1) is 13.7. The molecule has 0 N–H and O–H groups in total. The van der Waals surface area contributed by atoms with E-state index in [4.69, 9.17) is 8.94 Å². The predicted octanol–water partition coefficient (Wildman–Crippen LogP) is 2.70. The van der Waals surface area contributed by atoms with E-state index in [-0.39, 0.29) is 11.9 Å². The largest absolute Gasteiger partial charge is 0.472 e. The molecule has 4 rings (SSSR count). The van der Waals surface area contributed by atoms with E-state index in [1.807, 2.05) is 18.2 Å². The molecule has 0 aliphatic carbocycles. The van der Waals surface area contributed by atoms with Gasteiger partial charge in [-0.05, 0) is 31.0 Å². The minimum absolute atomic E-state index is 0.0844. The van der Waals surface area contributed by atoms with Crippen LogP contribution in [0.25, 0.3) is 11.5 Å². The molecule has 7 heteroatoms. The van der Waals surface area contributed by atoms with Gasteiger partial charge in [0.1, 0.15) is 18.0 Å². The van der Waals surface area contributed by atoms with Gasteiger partial charge in [0.25, 0.3) is 5.91 Å². The van der Waals surface area contributed by atoms with Crippen LogP contribution in [0.5, 0.6) is 0 Å². The first-order valence-corrected chi connectivity index (χ1v) is 7.41. The van der Waals surface area contributed by atoms with Gasteiger partial charge in [-0.1, -0.05) is 11.2 Å². The standard InChI is InChI=1S/C16H14N4O3/c21-16(11-6-9-22-10-11)20-8-3-5-13(20)15-18-14(19-23-15)12-4-1-2-7-17-12/h1-2,4,6-7,9-10,13H,3,5,8H2/t13-/m0/s1. The van der Waals surface area contributed by atoms with Crippen LogP contribution in [-0.2, 0) is 0 Å². The summed E-state index contributed by atoms with van der Waals surface area (Å²) >= 11 is 0. The Balaban J connectivity index is 1.60. The number of rotatable bonds is 3. The fourth-order valence-corrected chi connectivity index (χ4v) is 2.79. The molecule has 23 heavy (non-hydrogen) atoms. The Morgan fingerprint density at radius 1 is 1.30 bits per heavy atom. The summed E-state index contributed by atoms with van der Waals surface area (Å²) in [7, 11) is 0. The molecule has 0 aromatic carbocycles. The Hall–Kier alpha value is -2.96. The summed E-state index contributed by atoms with van der Waals surface area (Å²) in [5.41, 5.74) is 1.18. The highest BCUT2D eigenvalue weighted by molar-refractivity contribution is 5.94. The molecule has 1 atom stereocenters. The number of hydrogen-bond donors (Lipinski definition) is 0. The first-order valence-electron chi connectivity index (χ1n) is 7.41. The Bertz CT molecular complexity index is 798. The average molecular weight is 310 g/mol. The van der Waals surface area contributed by atoms with E-state index in [2.05, 4.69) is 15.1 Å². The van der Waals surface area contributed by atoms with Crippen molar-refractivity contribution in [3.63, 3.8) is 0 Å². The first-order chi connectivity index (χ1) is 11.3. The quantitative estimate of drug-likeness (QED) is 0.739. The van der Waals surface area contributed by atoms with E-state index in [9.17, 15) is 4.79 Å². The van der Waals surface area contributed by atoms with Crippen LogP contribution >= 0.6 is 0 Å². The van der Waals surface area contributed by atoms with Gasteiger partial charge < -0.3 is 13.8 Å². The molecule has 1 aliphatic heterocycles. The topological polar surface area (TPSA) is 85.3 Å². The number of carbonyl (C=O) groups excluding carboxylic acids is 1. The Morgan fingerprint density at radius 2 is 2.26 bits per heavy atom. The lowest BCUT2D eigenvalue weighted by atomic mass is 10.2. The Morgan fingerprint density at radius 3 is 3.04 bits per heavy atom. The van der Waals surface area contributed by atoms with Crippen LogP contribution in [0, 0.1) is 0 Å². The summed E-state index contributed by atoms with van der Waals surface area (Å²) in [6.45, 7) is 0.663. The number of pyridine rings is 1. The molecule has 0 unspecified atom stereocenters. The van der Waals surface area contributed by atoms with Gasteiger partial charge in [0.05, 0.1) is 11.8 Å². The molecule has 0 spiro atoms. The summed E-state index contributed by atoms with van der Waals surface area (Å²) in [4.78, 5) is 22.9. The maximum absolute atomic E-state index is 12.5. The predicted molar refractivity (Wildman–Crippen MR) is 79.2 cm³/mol. The number of amides is 1. The molecule has 1 saturated heterocycles. The fourth-order valence-electron chi connectivity index (χ4n) is 2.79. The molecule has 1 amide bonds. The van der Waals surface area contributed by atoms with E-state index in [0.29, 0.717) is 29.5 Å². The van der Waals surface area contributed by atoms with Crippen LogP contribution in [-0.4, -0.2) is 32.5 Å². The molecule has 0 bridgehead atoms. The van der Waals surface area contributed by atoms with Crippen molar-refractivity contribution in [2.75, 3.05) is 6.54 Å². The fraction of sp³-hybridized carbons (Fsp3) is 0.250. The highest BCUT2D eigenvalue weighted by atomic mass is 16.5. The molecule has 4 heterocycles. The van der Waals surface area contributed by atoms with E-state index >= 15 is 0 Å². The third-order valence-corrected chi connectivity index (χ3v) is 3.90. The minimum Gasteiger partial charge on any atom is -0.472 e. The zero-order chi connectivity index (χ0) is 15.6. The Labute approximate surface area is 131 Å². The van der Waals surface area contributed by atoms with Crippen LogP contribution < -0.4 is 0 Å². The molecule has 3 aromatic rings. The smallest absolute Gasteiger partial charge is 0.257 e. The number of furan rings is 1. The van der Waals surface area contributed by atoms with Crippen LogP contribution in [0.1, 0.15) is 35.1 Å². The number of aromatic nitrogens is 3. The van der Waals surface area contributed by atoms with Crippen molar-refractivity contribution < 1.29 is 13.7 Å². The number of likely N-dealkylation sites (tertiary alicyclic amines) is 1. The normalized spacial score (nSPS) is 17.6. The monoisotopic (exact) mass is 310 g/mol. The van der Waals surface area contributed by atoms with Gasteiger partial charge in [-0.25, -0.2) is 0 Å². The van der Waals surface area contributed by atoms with Crippen LogP contribution in [0.15, 0.2) is 51.9 Å². The van der Waals surface area contributed by atoms with Gasteiger partial charge in [-0.15, -0.1) is 0 Å². The van der Waals surface area contributed by atoms with Gasteiger partial charge >= 0.3 is 0 Å². The third-order valence-electron chi connectivity index (χ3n) is 3.90. The van der Waals surface area contributed by atoms with Gasteiger partial charge in [0, 0.05) is 12.7 Å². The molecule has 3 aromatic heterocycles. The van der Waals surface area contributed by atoms with Crippen molar-refractivity contribution in [1.29, 1.82) is 0 Å². The van der Waals surface area contributed by atoms with Gasteiger partial charge in [-0.3, -0.25) is 9.78 Å². The lowest BCUT2D eigenvalue weighted by Crippen LogP contribution is -2.30. The lowest BCUT2D eigenvalue weighted by molar-refractivity contribution is 0.0709. The van der Waals surface area contributed by atoms with E-state index in [0.717, 1.165) is 12.8 Å². The molecule has 7 nitrogen and oxygen atoms in total. The minimum atomic E-state index is -0.206. The molecular formula is C16H14N4O3. The maximum Gasteiger partial charge on any atom is 0.257 e. The highest BCUT2D eigenvalue weighted by Gasteiger charge is 2.35. The number of carbonyl (C=O) groups is 1. The van der Waals surface area contributed by atoms with Crippen molar-refractivity contribution in [3.05, 3.63) is 54.4 Å². The van der Waals surface area contributed by atoms with Crippen molar-refractivity contribution in [2.24, 2.45) is 0 Å². The maximum atomic E-state index is 12.5. The van der Waals surface area contributed by atoms with E-state index in [1.54, 1.807) is 17.2 Å². The summed E-state index contributed by atoms with van der Waals surface area (Å²) in [6, 6.07) is 6.96. The van der Waals surface area contributed by atoms with Crippen molar-refractivity contribution >= 4 is 5.91 Å². The van der Waals surface area contributed by atoms with Crippen molar-refractivity contribution in [1.82, 2.24) is 20.0 Å². The molecule has 1 fully saturated rings. The van der Waals surface area contributed by atoms with Crippen LogP contribution in [0.3, 0.4) is 0 Å². The molecule has 116 valence electrons. The Kier molecular flexibility index (Phi) is 3.38. The summed E-state index contributed by atoms with van der Waals surface area (Å²) < 4.78 is 10.4. The number of nitrogens with zero attached hydrogens (tertiary/aromatic N) is 4. The molecular weight excluding hydrogens is 296 g/mol. The van der Waals surface area contributed by atoms with Crippen LogP contribution in [0.4, 0.5) is 0 Å². The average Bonchev–Trinajstić information content (AvgIpc) is 3.35. The molecule has 1 aliphatic rings. The second-order valence-electron chi connectivity index (χ2n) is 5.34. The summed E-state index contributed by atoms with van der Waals surface area (Å²) in [6.07, 6.45) is 6.31. The van der Waals surface area contributed by atoms with Gasteiger partial charge in [-0.2, -0.15) is 4.98 Å². The van der Waals surface area contributed by atoms with E-state index in [1.165, 1.54) is 12.5 Å². The zero-order valence-electron chi connectivity index (χ0n) is 12.3. The third kappa shape index (κ3) is 2.50.